The van der Waals surface area contributed by atoms with Crippen LogP contribution in [0.15, 0.2) is 97.2 Å². The quantitative estimate of drug-likeness (QED) is 0.0196. The van der Waals surface area contributed by atoms with Gasteiger partial charge in [-0.25, -0.2) is 0 Å². The molecule has 0 saturated carbocycles. The predicted octanol–water partition coefficient (Wildman–Crippen LogP) is 9.13. The van der Waals surface area contributed by atoms with E-state index in [0.29, 0.717) is 30.3 Å². The zero-order valence-electron chi connectivity index (χ0n) is 34.2. The second kappa shape index (κ2) is 34.8. The lowest BCUT2D eigenvalue weighted by molar-refractivity contribution is -0.870. The first-order chi connectivity index (χ1) is 25.9. The van der Waals surface area contributed by atoms with Crippen molar-refractivity contribution in [3.63, 3.8) is 0 Å². The number of carbonyl (C=O) groups excluding carboxylic acids is 1. The van der Waals surface area contributed by atoms with Crippen molar-refractivity contribution in [3.8, 4) is 0 Å². The molecule has 0 spiro atoms. The molecule has 0 bridgehead atoms. The summed E-state index contributed by atoms with van der Waals surface area (Å²) in [6, 6.07) is -0.959. The van der Waals surface area contributed by atoms with Crippen LogP contribution < -0.4 is 10.2 Å². The van der Waals surface area contributed by atoms with Crippen LogP contribution in [0.4, 0.5) is 0 Å². The highest BCUT2D eigenvalue weighted by Crippen LogP contribution is 2.38. The molecule has 0 heterocycles. The molecular formula is C44H75N2O7P. The largest absolute Gasteiger partial charge is 0.756 e. The van der Waals surface area contributed by atoms with Crippen LogP contribution in [0.5, 0.6) is 0 Å². The van der Waals surface area contributed by atoms with Crippen molar-refractivity contribution in [1.82, 2.24) is 5.32 Å². The van der Waals surface area contributed by atoms with Gasteiger partial charge in [-0.05, 0) is 64.2 Å². The summed E-state index contributed by atoms with van der Waals surface area (Å²) in [4.78, 5) is 25.2. The number of carbonyl (C=O) groups is 1. The van der Waals surface area contributed by atoms with Gasteiger partial charge < -0.3 is 34.0 Å². The average Bonchev–Trinajstić information content (AvgIpc) is 3.11. The normalized spacial score (nSPS) is 16.1. The fourth-order valence-corrected chi connectivity index (χ4v) is 5.58. The SMILES string of the molecule is CC/C=C\CC(O)/C=C/C=C/C/C=C\C/C=C\C/C=C\CCC(=O)N[C@@H](COP(=O)([O-])OCC[N+](C)(C)C)[C@H](O)/C=C/CC/C=C\CCCCCCCC. The van der Waals surface area contributed by atoms with Crippen LogP contribution in [-0.2, 0) is 18.4 Å². The van der Waals surface area contributed by atoms with E-state index < -0.39 is 32.7 Å². The second-order valence-electron chi connectivity index (χ2n) is 14.4. The summed E-state index contributed by atoms with van der Waals surface area (Å²) in [5, 5.41) is 23.5. The van der Waals surface area contributed by atoms with Crippen LogP contribution in [0.2, 0.25) is 0 Å². The topological polar surface area (TPSA) is 128 Å². The predicted molar refractivity (Wildman–Crippen MR) is 225 cm³/mol. The molecule has 1 amide bonds. The minimum atomic E-state index is -4.63. The maximum Gasteiger partial charge on any atom is 0.268 e. The molecule has 9 nitrogen and oxygen atoms in total. The number of likely N-dealkylation sites (N-methyl/N-ethyl adjacent to an activating group) is 1. The van der Waals surface area contributed by atoms with Crippen LogP contribution in [-0.4, -0.2) is 79.8 Å². The number of allylic oxidation sites excluding steroid dienone is 13. The zero-order chi connectivity index (χ0) is 40.2. The van der Waals surface area contributed by atoms with Crippen LogP contribution in [0.3, 0.4) is 0 Å². The number of quaternary nitrogens is 1. The summed E-state index contributed by atoms with van der Waals surface area (Å²) in [5.74, 6) is -0.310. The number of rotatable bonds is 34. The highest BCUT2D eigenvalue weighted by Gasteiger charge is 2.23. The third-order valence-electron chi connectivity index (χ3n) is 8.12. The molecule has 2 unspecified atom stereocenters. The zero-order valence-corrected chi connectivity index (χ0v) is 35.1. The molecule has 0 rings (SSSR count). The summed E-state index contributed by atoms with van der Waals surface area (Å²) in [5.41, 5.74) is 0. The Morgan fingerprint density at radius 3 is 2.02 bits per heavy atom. The first-order valence-electron chi connectivity index (χ1n) is 20.2. The van der Waals surface area contributed by atoms with E-state index in [4.69, 9.17) is 9.05 Å². The molecule has 0 aliphatic heterocycles. The van der Waals surface area contributed by atoms with E-state index in [-0.39, 0.29) is 18.9 Å². The van der Waals surface area contributed by atoms with Crippen molar-refractivity contribution in [3.05, 3.63) is 97.2 Å². The van der Waals surface area contributed by atoms with Gasteiger partial charge >= 0.3 is 0 Å². The van der Waals surface area contributed by atoms with E-state index in [1.807, 2.05) is 63.7 Å². The highest BCUT2D eigenvalue weighted by molar-refractivity contribution is 7.45. The Morgan fingerprint density at radius 1 is 0.722 bits per heavy atom. The fraction of sp³-hybridized carbons (Fsp3) is 0.614. The molecule has 4 atom stereocenters. The van der Waals surface area contributed by atoms with Crippen molar-refractivity contribution >= 4 is 13.7 Å². The van der Waals surface area contributed by atoms with E-state index in [1.165, 1.54) is 38.5 Å². The van der Waals surface area contributed by atoms with Crippen molar-refractivity contribution in [1.29, 1.82) is 0 Å². The third kappa shape index (κ3) is 36.4. The summed E-state index contributed by atoms with van der Waals surface area (Å²) in [6.45, 7) is 4.29. The molecule has 54 heavy (non-hydrogen) atoms. The minimum absolute atomic E-state index is 0.0328. The Labute approximate surface area is 329 Å². The third-order valence-corrected chi connectivity index (χ3v) is 9.09. The highest BCUT2D eigenvalue weighted by atomic mass is 31.2. The molecule has 0 aromatic rings. The van der Waals surface area contributed by atoms with Gasteiger partial charge in [-0.1, -0.05) is 143 Å². The van der Waals surface area contributed by atoms with Gasteiger partial charge in [-0.15, -0.1) is 0 Å². The molecule has 0 fully saturated rings. The first-order valence-corrected chi connectivity index (χ1v) is 21.7. The molecule has 0 aliphatic rings. The minimum Gasteiger partial charge on any atom is -0.756 e. The lowest BCUT2D eigenvalue weighted by Gasteiger charge is -2.29. The van der Waals surface area contributed by atoms with E-state index >= 15 is 0 Å². The van der Waals surface area contributed by atoms with Gasteiger partial charge in [0.1, 0.15) is 13.2 Å². The first kappa shape index (κ1) is 51.4. The Kier molecular flexibility index (Phi) is 33.1. The monoisotopic (exact) mass is 775 g/mol. The van der Waals surface area contributed by atoms with Crippen molar-refractivity contribution in [2.24, 2.45) is 0 Å². The van der Waals surface area contributed by atoms with Crippen LogP contribution in [0.25, 0.3) is 0 Å². The van der Waals surface area contributed by atoms with Gasteiger partial charge in [0.2, 0.25) is 5.91 Å². The molecule has 0 aromatic heterocycles. The average molecular weight is 775 g/mol. The van der Waals surface area contributed by atoms with Gasteiger partial charge in [-0.3, -0.25) is 9.36 Å². The van der Waals surface area contributed by atoms with E-state index in [0.717, 1.165) is 38.5 Å². The van der Waals surface area contributed by atoms with Crippen molar-refractivity contribution in [2.45, 2.75) is 135 Å². The Morgan fingerprint density at radius 2 is 1.33 bits per heavy atom. The lowest BCUT2D eigenvalue weighted by Crippen LogP contribution is -2.45. The molecule has 0 aromatic carbocycles. The van der Waals surface area contributed by atoms with E-state index in [1.54, 1.807) is 12.2 Å². The van der Waals surface area contributed by atoms with Crippen molar-refractivity contribution in [2.75, 3.05) is 40.9 Å². The van der Waals surface area contributed by atoms with Crippen LogP contribution >= 0.6 is 7.82 Å². The number of hydrogen-bond acceptors (Lipinski definition) is 7. The number of phosphoric ester groups is 1. The fourth-order valence-electron chi connectivity index (χ4n) is 4.86. The van der Waals surface area contributed by atoms with Gasteiger partial charge in [0, 0.05) is 6.42 Å². The molecule has 0 aliphatic carbocycles. The second-order valence-corrected chi connectivity index (χ2v) is 15.9. The number of amides is 1. The summed E-state index contributed by atoms with van der Waals surface area (Å²) >= 11 is 0. The number of aliphatic hydroxyl groups is 2. The van der Waals surface area contributed by atoms with Crippen LogP contribution in [0, 0.1) is 0 Å². The van der Waals surface area contributed by atoms with E-state index in [9.17, 15) is 24.5 Å². The van der Waals surface area contributed by atoms with Gasteiger partial charge in [-0.2, -0.15) is 0 Å². The molecule has 0 saturated heterocycles. The maximum absolute atomic E-state index is 12.8. The maximum atomic E-state index is 12.8. The lowest BCUT2D eigenvalue weighted by atomic mass is 10.1. The summed E-state index contributed by atoms with van der Waals surface area (Å²) in [6.07, 6.45) is 45.2. The Balaban J connectivity index is 4.72. The molecule has 10 heteroatoms. The molecular weight excluding hydrogens is 699 g/mol. The smallest absolute Gasteiger partial charge is 0.268 e. The number of nitrogens with one attached hydrogen (secondary N) is 1. The molecule has 3 N–H and O–H groups in total. The van der Waals surface area contributed by atoms with Gasteiger partial charge in [0.05, 0.1) is 46.0 Å². The standard InChI is InChI=1S/C44H75N2O7P/c1-6-8-10-11-12-13-14-19-22-25-28-32-36-43(48)42(40-53-54(50,51)52-39-38-46(3,4)5)45-44(49)37-33-29-26-23-20-17-15-16-18-21-24-27-31-35-41(47)34-30-9-7-2/h9,16-20,22,24,26-27,29-32,35-36,41-43,47-48H,6-8,10-15,21,23,25,28,33-34,37-40H2,1-5H3,(H-,45,49,50,51)/b18-16-,20-17-,22-19-,27-24+,29-26-,30-9-,35-31+,36-32+/t41?,42-,43+/m0/s1. The summed E-state index contributed by atoms with van der Waals surface area (Å²) < 4.78 is 23.0. The van der Waals surface area contributed by atoms with Crippen molar-refractivity contribution < 1.29 is 38.0 Å². The molecule has 308 valence electrons. The number of nitrogens with zero attached hydrogens (tertiary/aromatic N) is 1. The number of aliphatic hydroxyl groups excluding tert-OH is 2. The van der Waals surface area contributed by atoms with Gasteiger partial charge in [0.15, 0.2) is 0 Å². The number of phosphoric acid groups is 1. The van der Waals surface area contributed by atoms with Gasteiger partial charge in [0.25, 0.3) is 7.82 Å². The Bertz CT molecular complexity index is 1210. The number of hydrogen-bond donors (Lipinski definition) is 3. The molecule has 0 radical (unpaired) electrons. The van der Waals surface area contributed by atoms with E-state index in [2.05, 4.69) is 61.7 Å². The summed E-state index contributed by atoms with van der Waals surface area (Å²) in [7, 11) is 1.15. The Hall–Kier alpha value is -2.62. The van der Waals surface area contributed by atoms with Crippen LogP contribution in [0.1, 0.15) is 117 Å². The number of unbranched alkanes of at least 4 members (excludes halogenated alkanes) is 7.